The molecule has 6 unspecified atom stereocenters. The maximum atomic E-state index is 2.48. The Morgan fingerprint density at radius 2 is 0.769 bits per heavy atom. The molecule has 1 nitrogen and oxygen atoms in total. The van der Waals surface area contributed by atoms with Gasteiger partial charge in [0.25, 0.3) is 0 Å². The summed E-state index contributed by atoms with van der Waals surface area (Å²) in [6, 6.07) is 48.3. The molecule has 2 fully saturated rings. The summed E-state index contributed by atoms with van der Waals surface area (Å²) < 4.78 is 0. The molecule has 0 saturated heterocycles. The van der Waals surface area contributed by atoms with Crippen LogP contribution in [-0.2, 0) is 0 Å². The van der Waals surface area contributed by atoms with E-state index in [2.05, 4.69) is 224 Å². The quantitative estimate of drug-likeness (QED) is 0.124. The number of hydrogen-bond donors (Lipinski definition) is 0. The molecule has 11 rings (SSSR count). The number of fused-ring (bicyclic) bond motifs is 11. The first-order valence-electron chi connectivity index (χ1n) is 24.9. The standard InChI is InChI=1S/C64H67N/c1-9-54-51-16-10-13-45(59(51)41(2)62(54,3)4)28-19-42-22-31-48(32-23-42)65(49-33-24-43(25-34-49)20-29-46-14-11-17-52-55-37-39-57(60(46)52)63(55,5)6)50-35-26-44(27-36-50)21-30-47-15-12-18-53-56-38-40-58(61(47)53)64(56,7)8/h10-36,41,54-58H,9,37-40H2,1-8H3/b28-19+,29-20+,30-21+. The lowest BCUT2D eigenvalue weighted by Gasteiger charge is -2.31. The van der Waals surface area contributed by atoms with Gasteiger partial charge in [-0.3, -0.25) is 0 Å². The van der Waals surface area contributed by atoms with Crippen LogP contribution in [0, 0.1) is 16.2 Å². The lowest BCUT2D eigenvalue weighted by atomic mass is 9.73. The summed E-state index contributed by atoms with van der Waals surface area (Å²) >= 11 is 0. The highest BCUT2D eigenvalue weighted by molar-refractivity contribution is 5.82. The first-order valence-corrected chi connectivity index (χ1v) is 24.9. The molecule has 6 aromatic rings. The van der Waals surface area contributed by atoms with Crippen molar-refractivity contribution in [3.63, 3.8) is 0 Å². The minimum atomic E-state index is 0.257. The van der Waals surface area contributed by atoms with Crippen LogP contribution in [0.4, 0.5) is 17.1 Å². The molecule has 0 radical (unpaired) electrons. The van der Waals surface area contributed by atoms with E-state index in [4.69, 9.17) is 0 Å². The first kappa shape index (κ1) is 42.0. The van der Waals surface area contributed by atoms with Crippen LogP contribution in [-0.4, -0.2) is 0 Å². The van der Waals surface area contributed by atoms with E-state index < -0.39 is 0 Å². The third kappa shape index (κ3) is 6.77. The highest BCUT2D eigenvalue weighted by Gasteiger charge is 2.53. The van der Waals surface area contributed by atoms with Crippen molar-refractivity contribution in [2.45, 2.75) is 123 Å². The Morgan fingerprint density at radius 3 is 1.15 bits per heavy atom. The summed E-state index contributed by atoms with van der Waals surface area (Å²) in [5.74, 6) is 3.82. The Hall–Kier alpha value is -5.66. The largest absolute Gasteiger partial charge is 0.311 e. The van der Waals surface area contributed by atoms with Gasteiger partial charge < -0.3 is 4.90 Å². The van der Waals surface area contributed by atoms with E-state index in [-0.39, 0.29) is 5.41 Å². The Labute approximate surface area is 390 Å². The predicted molar refractivity (Wildman–Crippen MR) is 279 cm³/mol. The fraction of sp³-hybridized carbons (Fsp3) is 0.344. The van der Waals surface area contributed by atoms with Gasteiger partial charge in [-0.05, 0) is 187 Å². The van der Waals surface area contributed by atoms with Crippen LogP contribution in [0.5, 0.6) is 0 Å². The molecule has 0 amide bonds. The molecule has 1 heteroatoms. The number of rotatable bonds is 10. The van der Waals surface area contributed by atoms with E-state index in [0.29, 0.717) is 46.3 Å². The molecule has 0 spiro atoms. The van der Waals surface area contributed by atoms with Crippen LogP contribution >= 0.6 is 0 Å². The van der Waals surface area contributed by atoms with Crippen molar-refractivity contribution in [3.05, 3.63) is 194 Å². The van der Waals surface area contributed by atoms with E-state index in [9.17, 15) is 0 Å². The normalized spacial score (nSPS) is 24.9. The van der Waals surface area contributed by atoms with E-state index in [1.165, 1.54) is 71.0 Å². The van der Waals surface area contributed by atoms with Crippen molar-refractivity contribution in [2.75, 3.05) is 4.90 Å². The summed E-state index contributed by atoms with van der Waals surface area (Å²) in [5, 5.41) is 0. The smallest absolute Gasteiger partial charge is 0.0462 e. The lowest BCUT2D eigenvalue weighted by molar-refractivity contribution is 0.260. The summed E-state index contributed by atoms with van der Waals surface area (Å²) in [6.07, 6.45) is 20.5. The molecular weight excluding hydrogens is 783 g/mol. The van der Waals surface area contributed by atoms with Gasteiger partial charge in [0.15, 0.2) is 0 Å². The van der Waals surface area contributed by atoms with Gasteiger partial charge in [0, 0.05) is 17.1 Å². The zero-order chi connectivity index (χ0) is 44.8. The SMILES string of the molecule is CCC1c2cccc(/C=C/c3ccc(N(c4ccc(/C=C/c5cccc6c5C5CCC6C5(C)C)cc4)c4ccc(/C=C/c5cccc6c5C5CCC6C5(C)C)cc4)cc3)c2C(C)C1(C)C. The summed E-state index contributed by atoms with van der Waals surface area (Å²) in [4.78, 5) is 2.40. The van der Waals surface area contributed by atoms with Crippen molar-refractivity contribution in [1.29, 1.82) is 0 Å². The second-order valence-electron chi connectivity index (χ2n) is 22.2. The van der Waals surface area contributed by atoms with Gasteiger partial charge in [-0.1, -0.05) is 183 Å². The topological polar surface area (TPSA) is 3.24 Å². The third-order valence-corrected chi connectivity index (χ3v) is 18.1. The Morgan fingerprint density at radius 1 is 0.415 bits per heavy atom. The maximum Gasteiger partial charge on any atom is 0.0462 e. The Bertz CT molecular complexity index is 2730. The van der Waals surface area contributed by atoms with Crippen LogP contribution in [0.15, 0.2) is 127 Å². The van der Waals surface area contributed by atoms with Gasteiger partial charge in [-0.15, -0.1) is 0 Å². The summed E-state index contributed by atoms with van der Waals surface area (Å²) in [5.41, 5.74) is 21.7. The first-order chi connectivity index (χ1) is 31.4. The highest BCUT2D eigenvalue weighted by atomic mass is 15.1. The second kappa shape index (κ2) is 15.8. The minimum absolute atomic E-state index is 0.257. The number of anilines is 3. The number of hydrogen-bond acceptors (Lipinski definition) is 1. The molecule has 65 heavy (non-hydrogen) atoms. The highest BCUT2D eigenvalue weighted by Crippen LogP contribution is 2.66. The maximum absolute atomic E-state index is 2.48. The summed E-state index contributed by atoms with van der Waals surface area (Å²) in [7, 11) is 0. The van der Waals surface area contributed by atoms with Gasteiger partial charge in [-0.25, -0.2) is 0 Å². The van der Waals surface area contributed by atoms with Crippen LogP contribution in [0.25, 0.3) is 36.5 Å². The Balaban J connectivity index is 0.887. The van der Waals surface area contributed by atoms with Crippen LogP contribution in [0.1, 0.15) is 190 Å². The van der Waals surface area contributed by atoms with Gasteiger partial charge in [-0.2, -0.15) is 0 Å². The van der Waals surface area contributed by atoms with Crippen molar-refractivity contribution >= 4 is 53.5 Å². The fourth-order valence-electron chi connectivity index (χ4n) is 14.3. The third-order valence-electron chi connectivity index (χ3n) is 18.1. The average Bonchev–Trinajstić information content (AvgIpc) is 3.99. The monoisotopic (exact) mass is 850 g/mol. The molecule has 6 atom stereocenters. The Kier molecular flexibility index (Phi) is 10.2. The molecule has 5 aliphatic rings. The molecule has 2 saturated carbocycles. The van der Waals surface area contributed by atoms with Crippen molar-refractivity contribution in [2.24, 2.45) is 16.2 Å². The molecule has 328 valence electrons. The van der Waals surface area contributed by atoms with Crippen LogP contribution in [0.3, 0.4) is 0 Å². The van der Waals surface area contributed by atoms with E-state index in [1.807, 2.05) is 0 Å². The molecule has 6 aromatic carbocycles. The molecule has 5 aliphatic carbocycles. The van der Waals surface area contributed by atoms with E-state index >= 15 is 0 Å². The molecule has 0 N–H and O–H groups in total. The van der Waals surface area contributed by atoms with Gasteiger partial charge >= 0.3 is 0 Å². The molecule has 0 aliphatic heterocycles. The van der Waals surface area contributed by atoms with Gasteiger partial charge in [0.2, 0.25) is 0 Å². The zero-order valence-corrected chi connectivity index (χ0v) is 40.0. The lowest BCUT2D eigenvalue weighted by Crippen LogP contribution is -2.20. The van der Waals surface area contributed by atoms with E-state index in [1.54, 1.807) is 27.8 Å². The van der Waals surface area contributed by atoms with Crippen LogP contribution < -0.4 is 4.90 Å². The number of nitrogens with zero attached hydrogens (tertiary/aromatic N) is 1. The van der Waals surface area contributed by atoms with Crippen molar-refractivity contribution in [3.8, 4) is 0 Å². The van der Waals surface area contributed by atoms with Gasteiger partial charge in [0.05, 0.1) is 0 Å². The fourth-order valence-corrected chi connectivity index (χ4v) is 14.3. The van der Waals surface area contributed by atoms with Crippen molar-refractivity contribution in [1.82, 2.24) is 0 Å². The average molecular weight is 850 g/mol. The second-order valence-corrected chi connectivity index (χ2v) is 22.2. The number of benzene rings is 6. The molecule has 0 heterocycles. The van der Waals surface area contributed by atoms with Crippen molar-refractivity contribution < 1.29 is 0 Å². The minimum Gasteiger partial charge on any atom is -0.311 e. The van der Waals surface area contributed by atoms with E-state index in [0.717, 1.165) is 17.1 Å². The predicted octanol–water partition coefficient (Wildman–Crippen LogP) is 18.3. The van der Waals surface area contributed by atoms with Crippen LogP contribution in [0.2, 0.25) is 0 Å². The zero-order valence-electron chi connectivity index (χ0n) is 40.0. The molecular formula is C64H67N. The van der Waals surface area contributed by atoms with Gasteiger partial charge in [0.1, 0.15) is 0 Å². The molecule has 0 aromatic heterocycles. The summed E-state index contributed by atoms with van der Waals surface area (Å²) in [6.45, 7) is 19.6. The molecule has 4 bridgehead atoms.